The highest BCUT2D eigenvalue weighted by Crippen LogP contribution is 2.29. The van der Waals surface area contributed by atoms with E-state index in [4.69, 9.17) is 14.6 Å². The number of hydrogen-bond donors (Lipinski definition) is 2. The van der Waals surface area contributed by atoms with E-state index >= 15 is 0 Å². The average Bonchev–Trinajstić information content (AvgIpc) is 2.80. The number of primary sulfonamides is 1. The number of nitrogens with two attached hydrogens (primary N) is 1. The van der Waals surface area contributed by atoms with Gasteiger partial charge in [-0.15, -0.1) is 0 Å². The van der Waals surface area contributed by atoms with Gasteiger partial charge in [0.05, 0.1) is 11.4 Å². The molecule has 1 atom stereocenters. The topological polar surface area (TPSA) is 108 Å². The van der Waals surface area contributed by atoms with Gasteiger partial charge in [0.15, 0.2) is 6.10 Å². The lowest BCUT2D eigenvalue weighted by Crippen LogP contribution is -2.22. The molecule has 1 aromatic rings. The highest BCUT2D eigenvalue weighted by atomic mass is 32.2. The van der Waals surface area contributed by atoms with Crippen LogP contribution < -0.4 is 15.2 Å². The Bertz CT molecular complexity index is 642. The summed E-state index contributed by atoms with van der Waals surface area (Å²) in [5.41, 5.74) is 0.735. The van der Waals surface area contributed by atoms with Gasteiger partial charge in [-0.05, 0) is 29.7 Å². The minimum atomic E-state index is -3.75. The third-order valence-electron chi connectivity index (χ3n) is 3.10. The monoisotopic (exact) mass is 314 g/mol. The van der Waals surface area contributed by atoms with Gasteiger partial charge in [-0.2, -0.15) is 0 Å². The van der Waals surface area contributed by atoms with Crippen LogP contribution in [0.2, 0.25) is 0 Å². The summed E-state index contributed by atoms with van der Waals surface area (Å²) >= 11 is 0. The van der Waals surface area contributed by atoms with Crippen LogP contribution in [0.25, 0.3) is 0 Å². The summed E-state index contributed by atoms with van der Waals surface area (Å²) in [5, 5.41) is 7.67. The predicted octanol–water partition coefficient (Wildman–Crippen LogP) is 0.945. The first-order valence-electron chi connectivity index (χ1n) is 6.51. The molecule has 1 aliphatic rings. The van der Waals surface area contributed by atoms with E-state index in [0.29, 0.717) is 12.3 Å². The van der Waals surface area contributed by atoms with E-state index in [1.54, 1.807) is 6.07 Å². The van der Waals surface area contributed by atoms with Gasteiger partial charge in [-0.25, -0.2) is 18.4 Å². The van der Waals surface area contributed by atoms with Crippen LogP contribution in [-0.4, -0.2) is 33.8 Å². The third kappa shape index (κ3) is 3.85. The van der Waals surface area contributed by atoms with Crippen LogP contribution in [0.5, 0.6) is 5.75 Å². The highest BCUT2D eigenvalue weighted by molar-refractivity contribution is 7.89. The molecule has 0 saturated carbocycles. The number of hydrogen-bond acceptors (Lipinski definition) is 5. The van der Waals surface area contributed by atoms with Crippen molar-refractivity contribution in [3.05, 3.63) is 23.8 Å². The Labute approximate surface area is 123 Å². The predicted molar refractivity (Wildman–Crippen MR) is 75.7 cm³/mol. The molecule has 0 radical (unpaired) electrons. The summed E-state index contributed by atoms with van der Waals surface area (Å²) in [6, 6.07) is 4.48. The van der Waals surface area contributed by atoms with E-state index in [-0.39, 0.29) is 23.5 Å². The van der Waals surface area contributed by atoms with Crippen molar-refractivity contribution in [2.24, 2.45) is 5.14 Å². The van der Waals surface area contributed by atoms with Gasteiger partial charge in [0.2, 0.25) is 10.0 Å². The van der Waals surface area contributed by atoms with E-state index in [9.17, 15) is 13.2 Å². The van der Waals surface area contributed by atoms with Gasteiger partial charge < -0.3 is 14.8 Å². The second-order valence-corrected chi connectivity index (χ2v) is 6.68. The van der Waals surface area contributed by atoms with Crippen LogP contribution in [0.3, 0.4) is 0 Å². The van der Waals surface area contributed by atoms with Crippen molar-refractivity contribution in [2.75, 3.05) is 13.2 Å². The number of ether oxygens (including phenoxy) is 2. The smallest absolute Gasteiger partial charge is 0.407 e. The molecule has 1 heterocycles. The summed E-state index contributed by atoms with van der Waals surface area (Å²) in [6.45, 7) is 4.44. The SMILES string of the molecule is CC(C)c1cc(S(N)(=O)=O)ccc1OCC1CNC(=O)O1. The van der Waals surface area contributed by atoms with Crippen LogP contribution in [-0.2, 0) is 14.8 Å². The van der Waals surface area contributed by atoms with E-state index in [1.807, 2.05) is 13.8 Å². The number of alkyl carbamates (subject to hydrolysis) is 1. The third-order valence-corrected chi connectivity index (χ3v) is 4.02. The summed E-state index contributed by atoms with van der Waals surface area (Å²) in [4.78, 5) is 11.0. The summed E-state index contributed by atoms with van der Waals surface area (Å²) < 4.78 is 33.4. The first-order valence-corrected chi connectivity index (χ1v) is 8.06. The van der Waals surface area contributed by atoms with Gasteiger partial charge in [0.1, 0.15) is 12.4 Å². The molecule has 1 fully saturated rings. The van der Waals surface area contributed by atoms with Crippen LogP contribution in [0.15, 0.2) is 23.1 Å². The number of cyclic esters (lactones) is 1. The van der Waals surface area contributed by atoms with Crippen molar-refractivity contribution >= 4 is 16.1 Å². The summed E-state index contributed by atoms with van der Waals surface area (Å²) in [6.07, 6.45) is -0.812. The first-order chi connectivity index (χ1) is 9.77. The number of rotatable bonds is 5. The maximum atomic E-state index is 11.4. The van der Waals surface area contributed by atoms with Gasteiger partial charge in [0.25, 0.3) is 0 Å². The second-order valence-electron chi connectivity index (χ2n) is 5.12. The molecule has 1 aliphatic heterocycles. The Morgan fingerprint density at radius 1 is 1.48 bits per heavy atom. The van der Waals surface area contributed by atoms with Crippen molar-refractivity contribution in [3.63, 3.8) is 0 Å². The Balaban J connectivity index is 2.17. The van der Waals surface area contributed by atoms with Crippen molar-refractivity contribution < 1.29 is 22.7 Å². The molecule has 116 valence electrons. The lowest BCUT2D eigenvalue weighted by atomic mass is 10.0. The largest absolute Gasteiger partial charge is 0.489 e. The molecule has 8 heteroatoms. The lowest BCUT2D eigenvalue weighted by molar-refractivity contribution is 0.104. The van der Waals surface area contributed by atoms with Gasteiger partial charge in [0, 0.05) is 0 Å². The molecule has 2 rings (SSSR count). The molecule has 3 N–H and O–H groups in total. The van der Waals surface area contributed by atoms with E-state index in [0.717, 1.165) is 5.56 Å². The minimum Gasteiger partial charge on any atom is -0.489 e. The van der Waals surface area contributed by atoms with Gasteiger partial charge >= 0.3 is 6.09 Å². The quantitative estimate of drug-likeness (QED) is 0.841. The van der Waals surface area contributed by atoms with Crippen molar-refractivity contribution in [3.8, 4) is 5.75 Å². The van der Waals surface area contributed by atoms with Crippen molar-refractivity contribution in [1.29, 1.82) is 0 Å². The zero-order chi connectivity index (χ0) is 15.6. The molecule has 0 spiro atoms. The standard InChI is InChI=1S/C13H18N2O5S/c1-8(2)11-5-10(21(14,17)18)3-4-12(11)19-7-9-6-15-13(16)20-9/h3-5,8-9H,6-7H2,1-2H3,(H,15,16)(H2,14,17,18). The fourth-order valence-electron chi connectivity index (χ4n) is 1.99. The second kappa shape index (κ2) is 5.90. The van der Waals surface area contributed by atoms with E-state index < -0.39 is 16.1 Å². The van der Waals surface area contributed by atoms with Gasteiger partial charge in [-0.1, -0.05) is 13.8 Å². The molecule has 1 unspecified atom stereocenters. The number of amides is 1. The van der Waals surface area contributed by atoms with Crippen LogP contribution in [0.4, 0.5) is 4.79 Å². The average molecular weight is 314 g/mol. The molecule has 0 aliphatic carbocycles. The minimum absolute atomic E-state index is 0.0486. The zero-order valence-corrected chi connectivity index (χ0v) is 12.6. The molecule has 1 aromatic carbocycles. The molecule has 0 aromatic heterocycles. The molecular formula is C13H18N2O5S. The number of carbonyl (C=O) groups is 1. The highest BCUT2D eigenvalue weighted by Gasteiger charge is 2.23. The summed E-state index contributed by atoms with van der Waals surface area (Å²) in [5.74, 6) is 0.617. The van der Waals surface area contributed by atoms with Crippen molar-refractivity contribution in [1.82, 2.24) is 5.32 Å². The maximum Gasteiger partial charge on any atom is 0.407 e. The number of sulfonamides is 1. The summed E-state index contributed by atoms with van der Waals surface area (Å²) in [7, 11) is -3.75. The Hall–Kier alpha value is -1.80. The molecule has 0 bridgehead atoms. The van der Waals surface area contributed by atoms with Crippen LogP contribution in [0.1, 0.15) is 25.3 Å². The number of benzene rings is 1. The fraction of sp³-hybridized carbons (Fsp3) is 0.462. The molecular weight excluding hydrogens is 296 g/mol. The molecule has 7 nitrogen and oxygen atoms in total. The van der Waals surface area contributed by atoms with E-state index in [2.05, 4.69) is 5.32 Å². The molecule has 21 heavy (non-hydrogen) atoms. The van der Waals surface area contributed by atoms with Crippen molar-refractivity contribution in [2.45, 2.75) is 30.8 Å². The van der Waals surface area contributed by atoms with Crippen LogP contribution in [0, 0.1) is 0 Å². The Morgan fingerprint density at radius 3 is 2.71 bits per heavy atom. The number of carbonyl (C=O) groups excluding carboxylic acids is 1. The first kappa shape index (κ1) is 15.6. The Morgan fingerprint density at radius 2 is 2.19 bits per heavy atom. The molecule has 1 saturated heterocycles. The lowest BCUT2D eigenvalue weighted by Gasteiger charge is -2.16. The molecule has 1 amide bonds. The number of nitrogens with one attached hydrogen (secondary N) is 1. The van der Waals surface area contributed by atoms with E-state index in [1.165, 1.54) is 12.1 Å². The van der Waals surface area contributed by atoms with Crippen LogP contribution >= 0.6 is 0 Å². The van der Waals surface area contributed by atoms with Gasteiger partial charge in [-0.3, -0.25) is 0 Å². The zero-order valence-electron chi connectivity index (χ0n) is 11.8. The fourth-order valence-corrected chi connectivity index (χ4v) is 2.54. The normalized spacial score (nSPS) is 18.5. The Kier molecular flexibility index (Phi) is 4.38. The maximum absolute atomic E-state index is 11.4.